The van der Waals surface area contributed by atoms with Gasteiger partial charge >= 0.3 is 6.03 Å². The van der Waals surface area contributed by atoms with Crippen LogP contribution in [0.25, 0.3) is 11.0 Å². The number of piperazine rings is 1. The highest BCUT2D eigenvalue weighted by atomic mass is 35.5. The zero-order valence-corrected chi connectivity index (χ0v) is 33.8. The number of Topliss-reactive ketones (excluding diaryl/α,β-unsaturated/α-hetero) is 1. The summed E-state index contributed by atoms with van der Waals surface area (Å²) >= 11 is 6.73. The molecule has 0 spiro atoms. The molecule has 57 heavy (non-hydrogen) atoms. The summed E-state index contributed by atoms with van der Waals surface area (Å²) < 4.78 is 1.72. The molecule has 6 heterocycles. The van der Waals surface area contributed by atoms with Crippen molar-refractivity contribution in [1.82, 2.24) is 29.7 Å². The number of aryl methyl sites for hydroxylation is 2. The average Bonchev–Trinajstić information content (AvgIpc) is 3.73. The first kappa shape index (κ1) is 38.8. The zero-order chi connectivity index (χ0) is 39.8. The molecular weight excluding hydrogens is 744 g/mol. The Morgan fingerprint density at radius 2 is 1.65 bits per heavy atom. The number of aromatic nitrogens is 4. The zero-order valence-electron chi connectivity index (χ0n) is 33.0. The number of imide groups is 1. The molecular formula is C42H51ClN10O4. The number of fused-ring (bicyclic) bond motifs is 1. The van der Waals surface area contributed by atoms with E-state index in [9.17, 15) is 19.2 Å². The van der Waals surface area contributed by atoms with Crippen molar-refractivity contribution in [3.05, 3.63) is 68.7 Å². The Hall–Kier alpha value is -5.08. The Labute approximate surface area is 337 Å². The number of urea groups is 1. The minimum Gasteiger partial charge on any atom is -0.370 e. The predicted molar refractivity (Wildman–Crippen MR) is 223 cm³/mol. The maximum atomic E-state index is 13.6. The van der Waals surface area contributed by atoms with Crippen molar-refractivity contribution in [3.8, 4) is 0 Å². The second-order valence-corrected chi connectivity index (χ2v) is 16.4. The average molecular weight is 795 g/mol. The van der Waals surface area contributed by atoms with Crippen molar-refractivity contribution in [1.29, 1.82) is 0 Å². The van der Waals surface area contributed by atoms with Gasteiger partial charge in [-0.05, 0) is 101 Å². The van der Waals surface area contributed by atoms with Crippen molar-refractivity contribution in [3.63, 3.8) is 0 Å². The van der Waals surface area contributed by atoms with Crippen LogP contribution in [0.1, 0.15) is 85.8 Å². The number of nitrogens with zero attached hydrogens (tertiary/aromatic N) is 8. The molecule has 3 amide bonds. The van der Waals surface area contributed by atoms with Crippen molar-refractivity contribution in [2.24, 2.45) is 5.92 Å². The number of anilines is 5. The molecule has 4 aromatic rings. The van der Waals surface area contributed by atoms with Crippen LogP contribution in [0.4, 0.5) is 33.6 Å². The van der Waals surface area contributed by atoms with Crippen molar-refractivity contribution >= 4 is 69.2 Å². The number of hydrogen-bond acceptors (Lipinski definition) is 11. The quantitative estimate of drug-likeness (QED) is 0.172. The second kappa shape index (κ2) is 16.4. The number of nitrogens with one attached hydrogen (secondary N) is 2. The van der Waals surface area contributed by atoms with Crippen LogP contribution < -0.4 is 30.9 Å². The maximum absolute atomic E-state index is 13.6. The van der Waals surface area contributed by atoms with Gasteiger partial charge in [-0.25, -0.2) is 14.8 Å². The number of amides is 3. The van der Waals surface area contributed by atoms with E-state index in [0.717, 1.165) is 119 Å². The third kappa shape index (κ3) is 8.07. The molecule has 0 atom stereocenters. The summed E-state index contributed by atoms with van der Waals surface area (Å²) in [5.41, 5.74) is 4.87. The lowest BCUT2D eigenvalue weighted by Gasteiger charge is -2.38. The first-order valence-corrected chi connectivity index (χ1v) is 20.7. The first-order chi connectivity index (χ1) is 27.5. The van der Waals surface area contributed by atoms with Crippen LogP contribution in [0.3, 0.4) is 0 Å². The van der Waals surface area contributed by atoms with Gasteiger partial charge in [0.15, 0.2) is 5.78 Å². The highest BCUT2D eigenvalue weighted by molar-refractivity contribution is 6.33. The molecule has 0 unspecified atom stereocenters. The first-order valence-electron chi connectivity index (χ1n) is 20.3. The van der Waals surface area contributed by atoms with Crippen LogP contribution in [-0.2, 0) is 4.79 Å². The molecule has 0 bridgehead atoms. The number of halogens is 1. The van der Waals surface area contributed by atoms with Gasteiger partial charge in [-0.15, -0.1) is 0 Å². The van der Waals surface area contributed by atoms with Crippen LogP contribution in [0.2, 0.25) is 5.02 Å². The van der Waals surface area contributed by atoms with Gasteiger partial charge in [0.2, 0.25) is 11.9 Å². The third-order valence-corrected chi connectivity index (χ3v) is 12.7. The van der Waals surface area contributed by atoms with E-state index in [-0.39, 0.29) is 41.3 Å². The number of hydrogen-bond donors (Lipinski definition) is 2. The summed E-state index contributed by atoms with van der Waals surface area (Å²) in [6, 6.07) is 7.58. The molecule has 0 radical (unpaired) electrons. The van der Waals surface area contributed by atoms with E-state index in [1.54, 1.807) is 22.6 Å². The summed E-state index contributed by atoms with van der Waals surface area (Å²) in [6.07, 6.45) is 11.1. The lowest BCUT2D eigenvalue weighted by Crippen LogP contribution is -2.49. The standard InChI is InChI=1S/C42H51ClN10O4/c1-26-22-33(43)35(23-34(26)52-17-13-37(55)47-42(52)57)51-15-11-29(12-16-51)10-14-49-18-20-50(21-19-49)31-8-9-36(44-24-31)46-41-45-25-32-27(2)38(28(3)54)40(56)53(39(32)48-41)30-6-4-5-7-30/h8-9,22-25,29-30H,4-7,10-21H2,1-3H3,(H,47,55,57)(H,44,45,46,48). The topological polar surface area (TPSA) is 149 Å². The van der Waals surface area contributed by atoms with E-state index in [1.807, 2.05) is 31.3 Å². The van der Waals surface area contributed by atoms with Crippen LogP contribution in [0.15, 0.2) is 41.5 Å². The van der Waals surface area contributed by atoms with Gasteiger partial charge in [0.25, 0.3) is 5.56 Å². The molecule has 3 aliphatic heterocycles. The number of carbonyl (C=O) groups excluding carboxylic acids is 3. The second-order valence-electron chi connectivity index (χ2n) is 16.0. The lowest BCUT2D eigenvalue weighted by molar-refractivity contribution is -0.120. The van der Waals surface area contributed by atoms with Gasteiger partial charge in [0, 0.05) is 69.9 Å². The Balaban J connectivity index is 0.828. The fourth-order valence-corrected chi connectivity index (χ4v) is 9.44. The highest BCUT2D eigenvalue weighted by Gasteiger charge is 2.29. The molecule has 3 aromatic heterocycles. The van der Waals surface area contributed by atoms with Gasteiger partial charge in [0.05, 0.1) is 33.8 Å². The van der Waals surface area contributed by atoms with Crippen LogP contribution >= 0.6 is 11.6 Å². The fraction of sp³-hybridized carbons (Fsp3) is 0.500. The maximum Gasteiger partial charge on any atom is 0.328 e. The molecule has 2 N–H and O–H groups in total. The monoisotopic (exact) mass is 794 g/mol. The smallest absolute Gasteiger partial charge is 0.328 e. The molecule has 4 fully saturated rings. The lowest BCUT2D eigenvalue weighted by atomic mass is 9.92. The molecule has 14 nitrogen and oxygen atoms in total. The van der Waals surface area contributed by atoms with Crippen LogP contribution in [-0.4, -0.2) is 94.5 Å². The number of pyridine rings is 2. The summed E-state index contributed by atoms with van der Waals surface area (Å²) in [5.74, 6) is 1.15. The van der Waals surface area contributed by atoms with Crippen LogP contribution in [0, 0.1) is 19.8 Å². The Kier molecular flexibility index (Phi) is 11.2. The summed E-state index contributed by atoms with van der Waals surface area (Å²) in [6.45, 7) is 12.3. The van der Waals surface area contributed by atoms with Crippen molar-refractivity contribution < 1.29 is 14.4 Å². The van der Waals surface area contributed by atoms with Gasteiger partial charge in [-0.2, -0.15) is 4.98 Å². The minimum atomic E-state index is -0.381. The van der Waals surface area contributed by atoms with Gasteiger partial charge in [-0.3, -0.25) is 34.1 Å². The molecule has 8 rings (SSSR count). The van der Waals surface area contributed by atoms with Gasteiger partial charge in [0.1, 0.15) is 11.5 Å². The van der Waals surface area contributed by atoms with E-state index in [0.29, 0.717) is 40.5 Å². The van der Waals surface area contributed by atoms with E-state index in [4.69, 9.17) is 16.6 Å². The molecule has 300 valence electrons. The molecule has 1 aromatic carbocycles. The molecule has 4 aliphatic rings. The Bertz CT molecular complexity index is 2240. The minimum absolute atomic E-state index is 0.0195. The van der Waals surface area contributed by atoms with E-state index < -0.39 is 0 Å². The SMILES string of the molecule is CC(=O)c1c(C)c2cnc(Nc3ccc(N4CCN(CCC5CCN(c6cc(N7CCC(=O)NC7=O)c(C)cc6Cl)CC5)CC4)cn3)nc2n(C2CCCC2)c1=O. The van der Waals surface area contributed by atoms with E-state index in [2.05, 4.69) is 41.4 Å². The van der Waals surface area contributed by atoms with Crippen LogP contribution in [0.5, 0.6) is 0 Å². The fourth-order valence-electron chi connectivity index (χ4n) is 9.11. The summed E-state index contributed by atoms with van der Waals surface area (Å²) in [5, 5.41) is 7.06. The molecule has 1 aliphatic carbocycles. The number of rotatable bonds is 10. The van der Waals surface area contributed by atoms with E-state index >= 15 is 0 Å². The third-order valence-electron chi connectivity index (χ3n) is 12.4. The molecule has 15 heteroatoms. The normalized spacial score (nSPS) is 18.8. The van der Waals surface area contributed by atoms with Gasteiger partial charge in [-0.1, -0.05) is 24.4 Å². The van der Waals surface area contributed by atoms with Crippen molar-refractivity contribution in [2.45, 2.75) is 78.2 Å². The van der Waals surface area contributed by atoms with Crippen molar-refractivity contribution in [2.75, 3.05) is 72.4 Å². The Morgan fingerprint density at radius 1 is 0.895 bits per heavy atom. The van der Waals surface area contributed by atoms with E-state index in [1.165, 1.54) is 6.92 Å². The largest absolute Gasteiger partial charge is 0.370 e. The Morgan fingerprint density at radius 3 is 2.33 bits per heavy atom. The molecule has 3 saturated heterocycles. The molecule has 1 saturated carbocycles. The van der Waals surface area contributed by atoms with Gasteiger partial charge < -0.3 is 15.1 Å². The summed E-state index contributed by atoms with van der Waals surface area (Å²) in [4.78, 5) is 73.2. The predicted octanol–water partition coefficient (Wildman–Crippen LogP) is 6.39. The number of ketones is 1. The highest BCUT2D eigenvalue weighted by Crippen LogP contribution is 2.37. The number of piperidine rings is 1. The number of benzene rings is 1. The number of carbonyl (C=O) groups is 3. The summed E-state index contributed by atoms with van der Waals surface area (Å²) in [7, 11) is 0.